The van der Waals surface area contributed by atoms with Crippen LogP contribution in [-0.2, 0) is 11.2 Å². The van der Waals surface area contributed by atoms with E-state index in [1.807, 2.05) is 0 Å². The SMILES string of the molecule is C#CCNC(=O)C[NH2+][C@H](c1ccc(CCCC)cc1)c1cccs1. The monoisotopic (exact) mass is 341 g/mol. The number of quaternary nitrogens is 1. The van der Waals surface area contributed by atoms with Crippen LogP contribution in [0, 0.1) is 12.3 Å². The molecule has 0 bridgehead atoms. The van der Waals surface area contributed by atoms with E-state index in [1.165, 1.54) is 28.8 Å². The molecule has 3 N–H and O–H groups in total. The Kier molecular flexibility index (Phi) is 7.54. The second kappa shape index (κ2) is 9.92. The summed E-state index contributed by atoms with van der Waals surface area (Å²) in [7, 11) is 0. The van der Waals surface area contributed by atoms with Crippen molar-refractivity contribution < 1.29 is 10.1 Å². The Balaban J connectivity index is 2.06. The fourth-order valence-electron chi connectivity index (χ4n) is 2.60. The van der Waals surface area contributed by atoms with E-state index < -0.39 is 0 Å². The zero-order chi connectivity index (χ0) is 17.2. The Bertz CT molecular complexity index is 656. The van der Waals surface area contributed by atoms with Crippen LogP contribution in [0.2, 0.25) is 0 Å². The second-order valence-corrected chi connectivity index (χ2v) is 6.74. The van der Waals surface area contributed by atoms with Gasteiger partial charge in [-0.05, 0) is 29.9 Å². The van der Waals surface area contributed by atoms with E-state index in [0.717, 1.165) is 6.42 Å². The van der Waals surface area contributed by atoms with E-state index in [-0.39, 0.29) is 18.5 Å². The maximum Gasteiger partial charge on any atom is 0.275 e. The highest BCUT2D eigenvalue weighted by Crippen LogP contribution is 2.23. The van der Waals surface area contributed by atoms with Crippen LogP contribution >= 0.6 is 11.3 Å². The molecule has 0 spiro atoms. The third kappa shape index (κ3) is 5.52. The zero-order valence-electron chi connectivity index (χ0n) is 14.1. The van der Waals surface area contributed by atoms with E-state index in [9.17, 15) is 4.79 Å². The molecular formula is C20H25N2OS+. The number of carbonyl (C=O) groups is 1. The fraction of sp³-hybridized carbons (Fsp3) is 0.350. The number of benzene rings is 1. The summed E-state index contributed by atoms with van der Waals surface area (Å²) < 4.78 is 0. The quantitative estimate of drug-likeness (QED) is 0.676. The minimum absolute atomic E-state index is 0.0333. The van der Waals surface area contributed by atoms with Crippen molar-refractivity contribution in [1.82, 2.24) is 5.32 Å². The maximum absolute atomic E-state index is 11.8. The van der Waals surface area contributed by atoms with Gasteiger partial charge < -0.3 is 10.6 Å². The first-order valence-electron chi connectivity index (χ1n) is 8.40. The van der Waals surface area contributed by atoms with E-state index >= 15 is 0 Å². The number of nitrogens with two attached hydrogens (primary N) is 1. The molecule has 0 aliphatic heterocycles. The number of hydrogen-bond donors (Lipinski definition) is 2. The van der Waals surface area contributed by atoms with E-state index in [1.54, 1.807) is 11.3 Å². The van der Waals surface area contributed by atoms with Gasteiger partial charge in [0.05, 0.1) is 11.4 Å². The van der Waals surface area contributed by atoms with Crippen LogP contribution in [0.5, 0.6) is 0 Å². The predicted octanol–water partition coefficient (Wildman–Crippen LogP) is 2.49. The first-order chi connectivity index (χ1) is 11.7. The standard InChI is InChI=1S/C20H24N2OS/c1-3-5-7-16-9-11-17(12-10-16)20(18-8-6-14-24-18)22-15-19(23)21-13-4-2/h2,6,8-12,14,20,22H,3,5,7,13,15H2,1H3,(H,21,23)/p+1/t20-/m1/s1. The minimum Gasteiger partial charge on any atom is -0.340 e. The van der Waals surface area contributed by atoms with Crippen LogP contribution in [0.25, 0.3) is 0 Å². The van der Waals surface area contributed by atoms with Crippen LogP contribution in [0.1, 0.15) is 41.8 Å². The summed E-state index contributed by atoms with van der Waals surface area (Å²) in [6, 6.07) is 13.1. The van der Waals surface area contributed by atoms with Crippen molar-refractivity contribution in [3.05, 3.63) is 57.8 Å². The van der Waals surface area contributed by atoms with E-state index in [4.69, 9.17) is 6.42 Å². The highest BCUT2D eigenvalue weighted by Gasteiger charge is 2.19. The lowest BCUT2D eigenvalue weighted by molar-refractivity contribution is -0.676. The zero-order valence-corrected chi connectivity index (χ0v) is 14.9. The first-order valence-corrected chi connectivity index (χ1v) is 9.28. The van der Waals surface area contributed by atoms with Gasteiger partial charge in [-0.1, -0.05) is 49.6 Å². The molecule has 0 aliphatic rings. The van der Waals surface area contributed by atoms with E-state index in [2.05, 4.69) is 65.3 Å². The number of carbonyl (C=O) groups excluding carboxylic acids is 1. The number of aryl methyl sites for hydroxylation is 1. The molecular weight excluding hydrogens is 316 g/mol. The molecule has 0 saturated carbocycles. The Labute approximate surface area is 148 Å². The van der Waals surface area contributed by atoms with Gasteiger partial charge in [0.2, 0.25) is 0 Å². The topological polar surface area (TPSA) is 45.7 Å². The normalized spacial score (nSPS) is 11.7. The molecule has 1 amide bonds. The number of terminal acetylenes is 1. The Morgan fingerprint density at radius 1 is 1.33 bits per heavy atom. The average Bonchev–Trinajstić information content (AvgIpc) is 3.13. The smallest absolute Gasteiger partial charge is 0.275 e. The summed E-state index contributed by atoms with van der Waals surface area (Å²) in [6.45, 7) is 2.85. The number of amides is 1. The molecule has 126 valence electrons. The van der Waals surface area contributed by atoms with Gasteiger partial charge in [0.1, 0.15) is 6.04 Å². The molecule has 4 heteroatoms. The van der Waals surface area contributed by atoms with Crippen LogP contribution in [-0.4, -0.2) is 19.0 Å². The molecule has 2 aromatic rings. The van der Waals surface area contributed by atoms with Gasteiger partial charge in [-0.15, -0.1) is 17.8 Å². The Morgan fingerprint density at radius 2 is 2.12 bits per heavy atom. The highest BCUT2D eigenvalue weighted by molar-refractivity contribution is 7.10. The summed E-state index contributed by atoms with van der Waals surface area (Å²) in [5, 5.41) is 6.86. The number of nitrogens with one attached hydrogen (secondary N) is 1. The maximum atomic E-state index is 11.8. The van der Waals surface area contributed by atoms with Crippen LogP contribution in [0.15, 0.2) is 41.8 Å². The van der Waals surface area contributed by atoms with Gasteiger partial charge in [0, 0.05) is 5.56 Å². The first kappa shape index (κ1) is 18.3. The second-order valence-electron chi connectivity index (χ2n) is 5.76. The summed E-state index contributed by atoms with van der Waals surface area (Å²) in [5.41, 5.74) is 2.60. The number of hydrogen-bond acceptors (Lipinski definition) is 2. The predicted molar refractivity (Wildman–Crippen MR) is 99.9 cm³/mol. The molecule has 1 heterocycles. The molecule has 1 aromatic heterocycles. The third-order valence-electron chi connectivity index (χ3n) is 3.93. The number of thiophene rings is 1. The van der Waals surface area contributed by atoms with Crippen molar-refractivity contribution in [1.29, 1.82) is 0 Å². The molecule has 0 radical (unpaired) electrons. The molecule has 0 unspecified atom stereocenters. The van der Waals surface area contributed by atoms with Gasteiger partial charge in [0.25, 0.3) is 5.91 Å². The molecule has 24 heavy (non-hydrogen) atoms. The van der Waals surface area contributed by atoms with Crippen molar-refractivity contribution in [3.8, 4) is 12.3 Å². The molecule has 0 saturated heterocycles. The summed E-state index contributed by atoms with van der Waals surface area (Å²) in [6.07, 6.45) is 8.73. The average molecular weight is 342 g/mol. The third-order valence-corrected chi connectivity index (χ3v) is 4.89. The van der Waals surface area contributed by atoms with Crippen LogP contribution in [0.4, 0.5) is 0 Å². The molecule has 3 nitrogen and oxygen atoms in total. The van der Waals surface area contributed by atoms with Gasteiger partial charge in [-0.3, -0.25) is 4.79 Å². The largest absolute Gasteiger partial charge is 0.340 e. The van der Waals surface area contributed by atoms with Crippen molar-refractivity contribution in [2.45, 2.75) is 32.2 Å². The van der Waals surface area contributed by atoms with Crippen molar-refractivity contribution >= 4 is 17.2 Å². The van der Waals surface area contributed by atoms with Gasteiger partial charge >= 0.3 is 0 Å². The lowest BCUT2D eigenvalue weighted by atomic mass is 10.0. The summed E-state index contributed by atoms with van der Waals surface area (Å²) in [4.78, 5) is 13.1. The van der Waals surface area contributed by atoms with Crippen LogP contribution < -0.4 is 10.6 Å². The summed E-state index contributed by atoms with van der Waals surface area (Å²) in [5.74, 6) is 2.39. The molecule has 2 rings (SSSR count). The van der Waals surface area contributed by atoms with Crippen molar-refractivity contribution in [2.75, 3.05) is 13.1 Å². The summed E-state index contributed by atoms with van der Waals surface area (Å²) >= 11 is 1.72. The molecule has 0 aliphatic carbocycles. The Morgan fingerprint density at radius 3 is 2.75 bits per heavy atom. The van der Waals surface area contributed by atoms with Gasteiger partial charge in [0.15, 0.2) is 6.54 Å². The fourth-order valence-corrected chi connectivity index (χ4v) is 3.45. The Hall–Kier alpha value is -2.09. The van der Waals surface area contributed by atoms with Crippen molar-refractivity contribution in [3.63, 3.8) is 0 Å². The minimum atomic E-state index is -0.0333. The van der Waals surface area contributed by atoms with Gasteiger partial charge in [-0.2, -0.15) is 0 Å². The molecule has 1 atom stereocenters. The van der Waals surface area contributed by atoms with Gasteiger partial charge in [-0.25, -0.2) is 0 Å². The van der Waals surface area contributed by atoms with Crippen LogP contribution in [0.3, 0.4) is 0 Å². The van der Waals surface area contributed by atoms with E-state index in [0.29, 0.717) is 6.54 Å². The highest BCUT2D eigenvalue weighted by atomic mass is 32.1. The lowest BCUT2D eigenvalue weighted by Gasteiger charge is -2.15. The number of rotatable bonds is 9. The molecule has 1 aromatic carbocycles. The molecule has 0 fully saturated rings. The van der Waals surface area contributed by atoms with Crippen molar-refractivity contribution in [2.24, 2.45) is 0 Å². The lowest BCUT2D eigenvalue weighted by Crippen LogP contribution is -2.87. The number of unbranched alkanes of at least 4 members (excludes halogenated alkanes) is 1.